The van der Waals surface area contributed by atoms with Gasteiger partial charge in [0.25, 0.3) is 0 Å². The number of rotatable bonds is 4. The van der Waals surface area contributed by atoms with Gasteiger partial charge in [-0.2, -0.15) is 5.10 Å². The third-order valence-corrected chi connectivity index (χ3v) is 2.64. The molecule has 0 aliphatic carbocycles. The zero-order chi connectivity index (χ0) is 13.1. The first-order valence-electron chi connectivity index (χ1n) is 5.63. The number of pyridine rings is 1. The predicted octanol–water partition coefficient (Wildman–Crippen LogP) is 2.24. The lowest BCUT2D eigenvalue weighted by molar-refractivity contribution is 0.532. The largest absolute Gasteiger partial charge is 0.388 e. The van der Waals surface area contributed by atoms with E-state index in [9.17, 15) is 0 Å². The number of nitrogens with one attached hydrogen (secondary N) is 1. The monoisotopic (exact) mass is 261 g/mol. The lowest BCUT2D eigenvalue weighted by Crippen LogP contribution is -2.11. The fourth-order valence-electron chi connectivity index (χ4n) is 1.47. The normalized spacial score (nSPS) is 10.6. The standard InChI is InChI=1S/C12H15N5S/c1-8(2)17-7-10(6-15-17)16-9-3-4-11(12(13)18)14-5-9/h3-8,16H,1-2H3,(H2,13,18). The third-order valence-electron chi connectivity index (χ3n) is 2.44. The van der Waals surface area contributed by atoms with Gasteiger partial charge in [-0.15, -0.1) is 0 Å². The highest BCUT2D eigenvalue weighted by Crippen LogP contribution is 2.16. The first kappa shape index (κ1) is 12.5. The second kappa shape index (κ2) is 5.14. The molecule has 94 valence electrons. The molecule has 5 nitrogen and oxygen atoms in total. The van der Waals surface area contributed by atoms with Gasteiger partial charge in [0.05, 0.1) is 29.5 Å². The molecule has 3 N–H and O–H groups in total. The van der Waals surface area contributed by atoms with Crippen LogP contribution in [0.5, 0.6) is 0 Å². The Bertz CT molecular complexity index is 544. The minimum atomic E-state index is 0.300. The number of hydrogen-bond donors (Lipinski definition) is 2. The highest BCUT2D eigenvalue weighted by molar-refractivity contribution is 7.80. The van der Waals surface area contributed by atoms with Gasteiger partial charge in [-0.25, -0.2) is 0 Å². The molecule has 2 aromatic rings. The summed E-state index contributed by atoms with van der Waals surface area (Å²) in [6, 6.07) is 4.02. The Kier molecular flexibility index (Phi) is 3.57. The fourth-order valence-corrected chi connectivity index (χ4v) is 1.59. The molecule has 0 spiro atoms. The molecule has 18 heavy (non-hydrogen) atoms. The Morgan fingerprint density at radius 3 is 2.61 bits per heavy atom. The molecular formula is C12H15N5S. The average Bonchev–Trinajstić information content (AvgIpc) is 2.78. The van der Waals surface area contributed by atoms with Gasteiger partial charge in [0, 0.05) is 12.2 Å². The van der Waals surface area contributed by atoms with E-state index >= 15 is 0 Å². The van der Waals surface area contributed by atoms with Crippen molar-refractivity contribution in [3.05, 3.63) is 36.4 Å². The molecule has 2 heterocycles. The zero-order valence-electron chi connectivity index (χ0n) is 10.3. The van der Waals surface area contributed by atoms with Crippen LogP contribution in [0.25, 0.3) is 0 Å². The maximum absolute atomic E-state index is 5.49. The molecule has 0 fully saturated rings. The van der Waals surface area contributed by atoms with Crippen molar-refractivity contribution in [3.8, 4) is 0 Å². The third kappa shape index (κ3) is 2.84. The van der Waals surface area contributed by atoms with Crippen LogP contribution in [-0.4, -0.2) is 19.8 Å². The molecule has 0 aliphatic heterocycles. The number of hydrogen-bond acceptors (Lipinski definition) is 4. The highest BCUT2D eigenvalue weighted by Gasteiger charge is 2.03. The lowest BCUT2D eigenvalue weighted by Gasteiger charge is -2.05. The second-order valence-electron chi connectivity index (χ2n) is 4.22. The van der Waals surface area contributed by atoms with Gasteiger partial charge in [-0.1, -0.05) is 12.2 Å². The summed E-state index contributed by atoms with van der Waals surface area (Å²) in [4.78, 5) is 4.46. The molecule has 0 bridgehead atoms. The van der Waals surface area contributed by atoms with Gasteiger partial charge in [0.2, 0.25) is 0 Å². The van der Waals surface area contributed by atoms with Crippen LogP contribution in [0.15, 0.2) is 30.7 Å². The maximum atomic E-state index is 5.49. The molecule has 0 radical (unpaired) electrons. The molecule has 0 aromatic carbocycles. The molecular weight excluding hydrogens is 246 g/mol. The summed E-state index contributed by atoms with van der Waals surface area (Å²) >= 11 is 4.85. The van der Waals surface area contributed by atoms with Crippen LogP contribution in [0.4, 0.5) is 11.4 Å². The average molecular weight is 261 g/mol. The van der Waals surface area contributed by atoms with E-state index in [1.54, 1.807) is 18.5 Å². The Morgan fingerprint density at radius 1 is 1.33 bits per heavy atom. The molecule has 0 aliphatic rings. The minimum Gasteiger partial charge on any atom is -0.388 e. The molecule has 0 unspecified atom stereocenters. The molecule has 6 heteroatoms. The van der Waals surface area contributed by atoms with Gasteiger partial charge < -0.3 is 11.1 Å². The van der Waals surface area contributed by atoms with Crippen LogP contribution in [0.1, 0.15) is 25.6 Å². The Labute approximate surface area is 111 Å². The van der Waals surface area contributed by atoms with Crippen LogP contribution >= 0.6 is 12.2 Å². The first-order chi connectivity index (χ1) is 8.56. The summed E-state index contributed by atoms with van der Waals surface area (Å²) in [6.07, 6.45) is 5.43. The minimum absolute atomic E-state index is 0.300. The van der Waals surface area contributed by atoms with Crippen molar-refractivity contribution >= 4 is 28.6 Å². The van der Waals surface area contributed by atoms with Gasteiger partial charge in [-0.3, -0.25) is 9.67 Å². The summed E-state index contributed by atoms with van der Waals surface area (Å²) in [7, 11) is 0. The van der Waals surface area contributed by atoms with E-state index < -0.39 is 0 Å². The number of anilines is 2. The second-order valence-corrected chi connectivity index (χ2v) is 4.66. The summed E-state index contributed by atoms with van der Waals surface area (Å²) in [6.45, 7) is 4.16. The van der Waals surface area contributed by atoms with Crippen LogP contribution in [0.2, 0.25) is 0 Å². The van der Waals surface area contributed by atoms with Crippen molar-refractivity contribution in [2.45, 2.75) is 19.9 Å². The maximum Gasteiger partial charge on any atom is 0.122 e. The quantitative estimate of drug-likeness (QED) is 0.826. The van der Waals surface area contributed by atoms with E-state index in [1.807, 2.05) is 16.9 Å². The number of thiocarbonyl (C=S) groups is 1. The van der Waals surface area contributed by atoms with Crippen LogP contribution < -0.4 is 11.1 Å². The van der Waals surface area contributed by atoms with E-state index in [2.05, 4.69) is 29.2 Å². The van der Waals surface area contributed by atoms with Crippen LogP contribution in [0, 0.1) is 0 Å². The van der Waals surface area contributed by atoms with Crippen molar-refractivity contribution in [1.29, 1.82) is 0 Å². The fraction of sp³-hybridized carbons (Fsp3) is 0.250. The molecule has 2 aromatic heterocycles. The van der Waals surface area contributed by atoms with Crippen LogP contribution in [0.3, 0.4) is 0 Å². The molecule has 0 saturated heterocycles. The van der Waals surface area contributed by atoms with Gasteiger partial charge in [-0.05, 0) is 26.0 Å². The molecule has 2 rings (SSSR count). The van der Waals surface area contributed by atoms with E-state index in [0.717, 1.165) is 11.4 Å². The van der Waals surface area contributed by atoms with E-state index in [1.165, 1.54) is 0 Å². The van der Waals surface area contributed by atoms with Gasteiger partial charge in [0.15, 0.2) is 0 Å². The number of aromatic nitrogens is 3. The Hall–Kier alpha value is -1.95. The summed E-state index contributed by atoms with van der Waals surface area (Å²) < 4.78 is 1.89. The number of nitrogens with two attached hydrogens (primary N) is 1. The van der Waals surface area contributed by atoms with Crippen molar-refractivity contribution in [2.24, 2.45) is 5.73 Å². The zero-order valence-corrected chi connectivity index (χ0v) is 11.1. The van der Waals surface area contributed by atoms with Crippen LogP contribution in [-0.2, 0) is 0 Å². The molecule has 0 atom stereocenters. The topological polar surface area (TPSA) is 68.8 Å². The Balaban J connectivity index is 2.10. The predicted molar refractivity (Wildman–Crippen MR) is 76.0 cm³/mol. The van der Waals surface area contributed by atoms with Crippen molar-refractivity contribution < 1.29 is 0 Å². The van der Waals surface area contributed by atoms with E-state index in [0.29, 0.717) is 16.7 Å². The van der Waals surface area contributed by atoms with Crippen molar-refractivity contribution in [1.82, 2.24) is 14.8 Å². The van der Waals surface area contributed by atoms with E-state index in [4.69, 9.17) is 18.0 Å². The van der Waals surface area contributed by atoms with Crippen molar-refractivity contribution in [2.75, 3.05) is 5.32 Å². The van der Waals surface area contributed by atoms with Gasteiger partial charge in [0.1, 0.15) is 4.99 Å². The van der Waals surface area contributed by atoms with Crippen molar-refractivity contribution in [3.63, 3.8) is 0 Å². The van der Waals surface area contributed by atoms with E-state index in [-0.39, 0.29) is 0 Å². The molecule has 0 amide bonds. The Morgan fingerprint density at radius 2 is 2.11 bits per heavy atom. The lowest BCUT2D eigenvalue weighted by atomic mass is 10.3. The summed E-state index contributed by atoms with van der Waals surface area (Å²) in [5.74, 6) is 0. The molecule has 0 saturated carbocycles. The van der Waals surface area contributed by atoms with Gasteiger partial charge >= 0.3 is 0 Å². The number of nitrogens with zero attached hydrogens (tertiary/aromatic N) is 3. The highest BCUT2D eigenvalue weighted by atomic mass is 32.1. The summed E-state index contributed by atoms with van der Waals surface area (Å²) in [5.41, 5.74) is 7.91. The summed E-state index contributed by atoms with van der Waals surface area (Å²) in [5, 5.41) is 7.47. The SMILES string of the molecule is CC(C)n1cc(Nc2ccc(C(N)=S)nc2)cn1. The smallest absolute Gasteiger partial charge is 0.122 e. The first-order valence-corrected chi connectivity index (χ1v) is 6.04.